The molecule has 0 aromatic rings. The van der Waals surface area contributed by atoms with E-state index in [0.29, 0.717) is 30.3 Å². The number of hydrogen-bond donors (Lipinski definition) is 3. The summed E-state index contributed by atoms with van der Waals surface area (Å²) in [5.74, 6) is -0.220. The van der Waals surface area contributed by atoms with Crippen LogP contribution in [0.3, 0.4) is 0 Å². The van der Waals surface area contributed by atoms with E-state index >= 15 is 0 Å². The molecular weight excluding hydrogens is 384 g/mol. The van der Waals surface area contributed by atoms with Crippen molar-refractivity contribution in [2.45, 2.75) is 97.2 Å². The molecule has 0 amide bonds. The second-order valence-electron chi connectivity index (χ2n) is 10.5. The molecule has 3 aliphatic rings. The van der Waals surface area contributed by atoms with E-state index in [4.69, 9.17) is 8.22 Å². The van der Waals surface area contributed by atoms with Crippen LogP contribution in [0.15, 0.2) is 47.6 Å². The van der Waals surface area contributed by atoms with Gasteiger partial charge >= 0.3 is 0 Å². The molecule has 0 heterocycles. The van der Waals surface area contributed by atoms with Crippen LogP contribution in [0, 0.1) is 29.1 Å². The van der Waals surface area contributed by atoms with Gasteiger partial charge in [0.2, 0.25) is 0 Å². The third-order valence-corrected chi connectivity index (χ3v) is 8.30. The first kappa shape index (κ1) is 17.3. The topological polar surface area (TPSA) is 60.7 Å². The Morgan fingerprint density at radius 2 is 1.94 bits per heavy atom. The summed E-state index contributed by atoms with van der Waals surface area (Å²) >= 11 is 0. The van der Waals surface area contributed by atoms with Crippen LogP contribution in [0.25, 0.3) is 0 Å². The Kier molecular flexibility index (Phi) is 5.24. The molecule has 0 saturated heterocycles. The first-order valence-electron chi connectivity index (χ1n) is 14.8. The van der Waals surface area contributed by atoms with Crippen molar-refractivity contribution in [3.63, 3.8) is 0 Å². The minimum absolute atomic E-state index is 0.0581. The molecule has 0 aromatic heterocycles. The Hall–Kier alpha value is -1.16. The fraction of sp³-hybridized carbons (Fsp3) is 0.714. The van der Waals surface area contributed by atoms with Crippen LogP contribution in [0.1, 0.15) is 87.6 Å². The number of hydrogen-bond acceptors (Lipinski definition) is 3. The minimum atomic E-state index is -3.04. The molecule has 3 nitrogen and oxygen atoms in total. The molecular formula is C28H44O3. The van der Waals surface area contributed by atoms with E-state index in [1.165, 1.54) is 12.5 Å². The van der Waals surface area contributed by atoms with Crippen molar-refractivity contribution in [3.05, 3.63) is 47.6 Å². The Balaban J connectivity index is 1.79. The molecule has 3 N–H and O–H groups in total. The fourth-order valence-corrected chi connectivity index (χ4v) is 6.22. The molecule has 0 aliphatic heterocycles. The number of rotatable bonds is 5. The number of allylic oxidation sites excluding steroid dienone is 4. The van der Waals surface area contributed by atoms with Crippen LogP contribution in [0.2, 0.25) is 0 Å². The highest BCUT2D eigenvalue weighted by molar-refractivity contribution is 5.38. The Morgan fingerprint density at radius 1 is 1.19 bits per heavy atom. The lowest BCUT2D eigenvalue weighted by atomic mass is 9.61. The van der Waals surface area contributed by atoms with Gasteiger partial charge in [-0.15, -0.1) is 0 Å². The van der Waals surface area contributed by atoms with Gasteiger partial charge in [-0.05, 0) is 86.5 Å². The predicted molar refractivity (Wildman–Crippen MR) is 128 cm³/mol. The maximum atomic E-state index is 10.8. The summed E-state index contributed by atoms with van der Waals surface area (Å²) in [7, 11) is 0. The van der Waals surface area contributed by atoms with Gasteiger partial charge in [-0.3, -0.25) is 0 Å². The first-order chi connectivity index (χ1) is 16.9. The molecule has 3 fully saturated rings. The molecule has 3 saturated carbocycles. The lowest BCUT2D eigenvalue weighted by Gasteiger charge is -2.44. The minimum Gasteiger partial charge on any atom is -0.393 e. The smallest absolute Gasteiger partial charge is 0.0811 e. The quantitative estimate of drug-likeness (QED) is 0.485. The number of aliphatic hydroxyl groups is 3. The van der Waals surface area contributed by atoms with Crippen LogP contribution in [-0.2, 0) is 0 Å². The van der Waals surface area contributed by atoms with Crippen LogP contribution >= 0.6 is 0 Å². The van der Waals surface area contributed by atoms with E-state index in [0.717, 1.165) is 37.7 Å². The third-order valence-electron chi connectivity index (χ3n) is 8.30. The van der Waals surface area contributed by atoms with Crippen molar-refractivity contribution in [2.24, 2.45) is 29.1 Å². The lowest BCUT2D eigenvalue weighted by molar-refractivity contribution is 0.0436. The van der Waals surface area contributed by atoms with Crippen LogP contribution in [0.4, 0.5) is 0 Å². The van der Waals surface area contributed by atoms with E-state index < -0.39 is 37.4 Å². The van der Waals surface area contributed by atoms with Crippen molar-refractivity contribution < 1.29 is 23.5 Å². The van der Waals surface area contributed by atoms with Gasteiger partial charge in [-0.25, -0.2) is 0 Å². The summed E-state index contributed by atoms with van der Waals surface area (Å²) < 4.78 is 46.2. The Bertz CT molecular complexity index is 933. The van der Waals surface area contributed by atoms with Gasteiger partial charge < -0.3 is 15.3 Å². The van der Waals surface area contributed by atoms with E-state index in [1.54, 1.807) is 6.08 Å². The lowest BCUT2D eigenvalue weighted by Crippen LogP contribution is -2.35. The second-order valence-corrected chi connectivity index (χ2v) is 10.5. The van der Waals surface area contributed by atoms with E-state index in [9.17, 15) is 15.3 Å². The highest BCUT2D eigenvalue weighted by Crippen LogP contribution is 2.59. The monoisotopic (exact) mass is 434 g/mol. The summed E-state index contributed by atoms with van der Waals surface area (Å²) in [6, 6.07) is 0. The zero-order valence-corrected chi connectivity index (χ0v) is 19.3. The van der Waals surface area contributed by atoms with Gasteiger partial charge in [0.15, 0.2) is 0 Å². The van der Waals surface area contributed by atoms with Crippen molar-refractivity contribution in [3.8, 4) is 0 Å². The van der Waals surface area contributed by atoms with Gasteiger partial charge in [-0.1, -0.05) is 57.2 Å². The molecule has 0 spiro atoms. The van der Waals surface area contributed by atoms with Crippen molar-refractivity contribution in [2.75, 3.05) is 0 Å². The van der Waals surface area contributed by atoms with Gasteiger partial charge in [-0.2, -0.15) is 0 Å². The van der Waals surface area contributed by atoms with Crippen molar-refractivity contribution >= 4 is 0 Å². The largest absolute Gasteiger partial charge is 0.393 e. The number of fused-ring (bicyclic) bond motifs is 1. The predicted octanol–water partition coefficient (Wildman–Crippen LogP) is 5.73. The zero-order chi connectivity index (χ0) is 28.0. The first-order valence-corrected chi connectivity index (χ1v) is 11.8. The molecule has 3 heteroatoms. The van der Waals surface area contributed by atoms with Gasteiger partial charge in [0.1, 0.15) is 0 Å². The molecule has 31 heavy (non-hydrogen) atoms. The summed E-state index contributed by atoms with van der Waals surface area (Å²) in [4.78, 5) is 0. The summed E-state index contributed by atoms with van der Waals surface area (Å²) in [6.07, 6.45) is 12.5. The zero-order valence-electron chi connectivity index (χ0n) is 25.3. The van der Waals surface area contributed by atoms with E-state index in [1.807, 2.05) is 12.2 Å². The van der Waals surface area contributed by atoms with Crippen molar-refractivity contribution in [1.82, 2.24) is 0 Å². The highest BCUT2D eigenvalue weighted by atomic mass is 16.3. The molecule has 3 rings (SSSR count). The molecule has 4 unspecified atom stereocenters. The molecule has 174 valence electrons. The molecule has 0 radical (unpaired) electrons. The highest BCUT2D eigenvalue weighted by Gasteiger charge is 2.50. The molecule has 0 aromatic carbocycles. The summed E-state index contributed by atoms with van der Waals surface area (Å²) in [5.41, 5.74) is 0.225. The van der Waals surface area contributed by atoms with E-state index in [-0.39, 0.29) is 11.3 Å². The van der Waals surface area contributed by atoms with Crippen LogP contribution < -0.4 is 0 Å². The third kappa shape index (κ3) is 5.26. The maximum absolute atomic E-state index is 10.8. The van der Waals surface area contributed by atoms with Crippen LogP contribution in [-0.4, -0.2) is 33.1 Å². The van der Waals surface area contributed by atoms with E-state index in [2.05, 4.69) is 26.5 Å². The Morgan fingerprint density at radius 3 is 2.65 bits per heavy atom. The average Bonchev–Trinajstić information content (AvgIpc) is 3.14. The fourth-order valence-electron chi connectivity index (χ4n) is 6.22. The molecule has 3 aliphatic carbocycles. The molecule has 7 atom stereocenters. The summed E-state index contributed by atoms with van der Waals surface area (Å²) in [5, 5.41) is 31.0. The Labute approximate surface area is 198 Å². The summed E-state index contributed by atoms with van der Waals surface area (Å²) in [6.45, 7) is 3.83. The standard InChI is InChI=1S/C28H44O3/c1-18(9-10-19(2)27(4,5)31)24-13-14-25-21(8-7-15-28(24,25)6)11-12-22-16-23(29)17-26(30)20(22)3/h9-12,18-19,23-26,29-31H,3,7-8,13-17H2,1-2,4-6H3/b10-9+,21-11?,22-12-/t18-,19?,23?,24?,25+,26?,28-/m1/s1/i4D3,5D3. The maximum Gasteiger partial charge on any atom is 0.0811 e. The molecule has 0 bridgehead atoms. The normalized spacial score (nSPS) is 43.0. The van der Waals surface area contributed by atoms with Crippen molar-refractivity contribution in [1.29, 1.82) is 0 Å². The van der Waals surface area contributed by atoms with Gasteiger partial charge in [0, 0.05) is 20.6 Å². The second kappa shape index (κ2) is 9.37. The SMILES string of the molecule is [2H]C([2H])([2H])C(O)(C(C)/C=C/[C@@H](C)C1CC[C@H]2C(=C/C=C3/CC(O)CC(O)C3=C)CCC[C@]12C)C([2H])([2H])[2H]. The van der Waals surface area contributed by atoms with Gasteiger partial charge in [0.25, 0.3) is 0 Å². The average molecular weight is 435 g/mol. The number of aliphatic hydroxyl groups excluding tert-OH is 2. The van der Waals surface area contributed by atoms with Crippen LogP contribution in [0.5, 0.6) is 0 Å². The van der Waals surface area contributed by atoms with Gasteiger partial charge in [0.05, 0.1) is 17.8 Å².